The van der Waals surface area contributed by atoms with Crippen LogP contribution in [0.5, 0.6) is 11.5 Å². The highest BCUT2D eigenvalue weighted by molar-refractivity contribution is 7.79. The summed E-state index contributed by atoms with van der Waals surface area (Å²) in [5.74, 6) is 1.29. The first kappa shape index (κ1) is 16.3. The molecule has 0 bridgehead atoms. The van der Waals surface area contributed by atoms with Crippen molar-refractivity contribution in [2.45, 2.75) is 6.92 Å². The third kappa shape index (κ3) is 4.04. The molecule has 0 aliphatic heterocycles. The lowest BCUT2D eigenvalue weighted by Crippen LogP contribution is -2.07. The number of nitrogens with one attached hydrogen (secondary N) is 2. The first-order chi connectivity index (χ1) is 11.6. The van der Waals surface area contributed by atoms with Crippen molar-refractivity contribution in [3.05, 3.63) is 66.4 Å². The highest BCUT2D eigenvalue weighted by atomic mass is 32.2. The van der Waals surface area contributed by atoms with Gasteiger partial charge in [0.2, 0.25) is 0 Å². The fourth-order valence-corrected chi connectivity index (χ4v) is 2.64. The number of aryl methyl sites for hydroxylation is 1. The van der Waals surface area contributed by atoms with E-state index in [1.807, 2.05) is 61.5 Å². The molecule has 3 aromatic rings. The van der Waals surface area contributed by atoms with Crippen LogP contribution in [-0.2, 0) is 11.1 Å². The van der Waals surface area contributed by atoms with Gasteiger partial charge in [0.05, 0.1) is 5.88 Å². The van der Waals surface area contributed by atoms with Crippen molar-refractivity contribution >= 4 is 16.8 Å². The van der Waals surface area contributed by atoms with Gasteiger partial charge in [0.25, 0.3) is 0 Å². The van der Waals surface area contributed by atoms with Gasteiger partial charge in [-0.15, -0.1) is 0 Å². The van der Waals surface area contributed by atoms with Crippen molar-refractivity contribution in [1.82, 2.24) is 4.98 Å². The normalized spacial score (nSPS) is 11.9. The molecule has 0 amide bonds. The summed E-state index contributed by atoms with van der Waals surface area (Å²) in [6.07, 6.45) is 0. The van der Waals surface area contributed by atoms with Gasteiger partial charge < -0.3 is 19.6 Å². The standard InChI is InChI=1S/C18H18N2O3S/c1-13-7-9-17(20-13)16-11-14(19-12-24(21)22)8-10-18(16)23-15-5-3-2-4-6-15/h2-11,19-20H,12H2,1H3,(H,21,22)/p-1. The third-order valence-electron chi connectivity index (χ3n) is 3.47. The minimum atomic E-state index is -2.15. The second-order valence-electron chi connectivity index (χ2n) is 5.31. The Morgan fingerprint density at radius 2 is 1.92 bits per heavy atom. The van der Waals surface area contributed by atoms with E-state index in [-0.39, 0.29) is 5.88 Å². The van der Waals surface area contributed by atoms with Crippen molar-refractivity contribution < 1.29 is 13.5 Å². The number of ether oxygens (including phenoxy) is 1. The Morgan fingerprint density at radius 1 is 1.12 bits per heavy atom. The Balaban J connectivity index is 1.96. The van der Waals surface area contributed by atoms with Crippen molar-refractivity contribution in [1.29, 1.82) is 0 Å². The Morgan fingerprint density at radius 3 is 2.58 bits per heavy atom. The molecule has 24 heavy (non-hydrogen) atoms. The van der Waals surface area contributed by atoms with Gasteiger partial charge >= 0.3 is 0 Å². The Bertz CT molecular complexity index is 846. The van der Waals surface area contributed by atoms with E-state index in [4.69, 9.17) is 4.74 Å². The monoisotopic (exact) mass is 341 g/mol. The number of para-hydroxylation sites is 1. The van der Waals surface area contributed by atoms with Gasteiger partial charge in [0.1, 0.15) is 11.5 Å². The number of anilines is 1. The quantitative estimate of drug-likeness (QED) is 0.664. The van der Waals surface area contributed by atoms with E-state index in [1.165, 1.54) is 0 Å². The van der Waals surface area contributed by atoms with Crippen molar-refractivity contribution in [2.75, 3.05) is 11.2 Å². The number of benzene rings is 2. The van der Waals surface area contributed by atoms with Crippen LogP contribution in [0, 0.1) is 6.92 Å². The van der Waals surface area contributed by atoms with Gasteiger partial charge in [-0.25, -0.2) is 0 Å². The molecule has 6 heteroatoms. The molecule has 0 spiro atoms. The summed E-state index contributed by atoms with van der Waals surface area (Å²) in [6.45, 7) is 1.98. The predicted molar refractivity (Wildman–Crippen MR) is 94.9 cm³/mol. The van der Waals surface area contributed by atoms with E-state index in [1.54, 1.807) is 6.07 Å². The average Bonchev–Trinajstić information content (AvgIpc) is 3.01. The lowest BCUT2D eigenvalue weighted by molar-refractivity contribution is 0.484. The largest absolute Gasteiger partial charge is 0.771 e. The summed E-state index contributed by atoms with van der Waals surface area (Å²) >= 11 is -2.15. The minimum absolute atomic E-state index is 0.137. The van der Waals surface area contributed by atoms with E-state index >= 15 is 0 Å². The SMILES string of the molecule is Cc1ccc(-c2cc(NCS(=O)[O-])ccc2Oc2ccccc2)[nH]1. The molecule has 124 valence electrons. The maximum atomic E-state index is 10.7. The van der Waals surface area contributed by atoms with E-state index in [2.05, 4.69) is 10.3 Å². The maximum absolute atomic E-state index is 10.7. The van der Waals surface area contributed by atoms with Crippen LogP contribution in [0.25, 0.3) is 11.3 Å². The molecule has 5 nitrogen and oxygen atoms in total. The summed E-state index contributed by atoms with van der Waals surface area (Å²) in [4.78, 5) is 3.28. The molecule has 0 saturated carbocycles. The van der Waals surface area contributed by atoms with Gasteiger partial charge in [-0.05, 0) is 60.5 Å². The topological polar surface area (TPSA) is 77.2 Å². The maximum Gasteiger partial charge on any atom is 0.136 e. The Kier molecular flexibility index (Phi) is 4.98. The van der Waals surface area contributed by atoms with Gasteiger partial charge in [-0.1, -0.05) is 18.2 Å². The van der Waals surface area contributed by atoms with E-state index in [9.17, 15) is 8.76 Å². The zero-order valence-electron chi connectivity index (χ0n) is 13.1. The van der Waals surface area contributed by atoms with Crippen LogP contribution in [0.15, 0.2) is 60.7 Å². The fourth-order valence-electron chi connectivity index (χ4n) is 2.36. The highest BCUT2D eigenvalue weighted by Crippen LogP contribution is 2.35. The second-order valence-corrected chi connectivity index (χ2v) is 6.20. The number of aromatic amines is 1. The summed E-state index contributed by atoms with van der Waals surface area (Å²) in [5.41, 5.74) is 3.51. The fraction of sp³-hybridized carbons (Fsp3) is 0.111. The zero-order chi connectivity index (χ0) is 16.9. The van der Waals surface area contributed by atoms with Gasteiger partial charge in [0.15, 0.2) is 0 Å². The predicted octanol–water partition coefficient (Wildman–Crippen LogP) is 4.03. The summed E-state index contributed by atoms with van der Waals surface area (Å²) in [6, 6.07) is 19.0. The molecular formula is C18H17N2O3S-. The van der Waals surface area contributed by atoms with Crippen molar-refractivity contribution in [2.24, 2.45) is 0 Å². The third-order valence-corrected chi connectivity index (χ3v) is 3.85. The molecule has 2 N–H and O–H groups in total. The van der Waals surface area contributed by atoms with Crippen LogP contribution in [0.1, 0.15) is 5.69 Å². The van der Waals surface area contributed by atoms with Gasteiger partial charge in [0, 0.05) is 22.6 Å². The molecule has 0 aliphatic rings. The van der Waals surface area contributed by atoms with Crippen molar-refractivity contribution in [3.8, 4) is 22.8 Å². The number of rotatable bonds is 6. The van der Waals surface area contributed by atoms with Crippen LogP contribution in [0.4, 0.5) is 5.69 Å². The van der Waals surface area contributed by atoms with Crippen LogP contribution in [0.2, 0.25) is 0 Å². The van der Waals surface area contributed by atoms with Crippen molar-refractivity contribution in [3.63, 3.8) is 0 Å². The molecule has 0 aliphatic carbocycles. The molecule has 0 radical (unpaired) electrons. The van der Waals surface area contributed by atoms with E-state index in [0.717, 1.165) is 22.7 Å². The van der Waals surface area contributed by atoms with Crippen LogP contribution in [0.3, 0.4) is 0 Å². The Hall–Kier alpha value is -2.57. The summed E-state index contributed by atoms with van der Waals surface area (Å²) < 4.78 is 27.5. The van der Waals surface area contributed by atoms with E-state index in [0.29, 0.717) is 11.4 Å². The molecule has 1 unspecified atom stereocenters. The number of aromatic nitrogens is 1. The second kappa shape index (κ2) is 7.33. The molecule has 3 rings (SSSR count). The Labute approximate surface area is 143 Å². The van der Waals surface area contributed by atoms with Crippen LogP contribution < -0.4 is 10.1 Å². The minimum Gasteiger partial charge on any atom is -0.771 e. The first-order valence-corrected chi connectivity index (χ1v) is 8.69. The summed E-state index contributed by atoms with van der Waals surface area (Å²) in [7, 11) is 0. The van der Waals surface area contributed by atoms with Gasteiger partial charge in [-0.2, -0.15) is 0 Å². The molecule has 2 aromatic carbocycles. The zero-order valence-corrected chi connectivity index (χ0v) is 13.9. The number of hydrogen-bond donors (Lipinski definition) is 2. The molecule has 0 fully saturated rings. The summed E-state index contributed by atoms with van der Waals surface area (Å²) in [5, 5.41) is 2.87. The highest BCUT2D eigenvalue weighted by Gasteiger charge is 2.10. The molecule has 1 heterocycles. The van der Waals surface area contributed by atoms with Crippen LogP contribution >= 0.6 is 0 Å². The lowest BCUT2D eigenvalue weighted by Gasteiger charge is -2.14. The lowest BCUT2D eigenvalue weighted by atomic mass is 10.1. The average molecular weight is 341 g/mol. The van der Waals surface area contributed by atoms with Crippen LogP contribution in [-0.4, -0.2) is 19.6 Å². The molecule has 1 atom stereocenters. The molecular weight excluding hydrogens is 324 g/mol. The van der Waals surface area contributed by atoms with Gasteiger partial charge in [-0.3, -0.25) is 4.21 Å². The molecule has 0 saturated heterocycles. The number of hydrogen-bond acceptors (Lipinski definition) is 4. The van der Waals surface area contributed by atoms with E-state index < -0.39 is 11.1 Å². The first-order valence-electron chi connectivity index (χ1n) is 7.44. The molecule has 1 aromatic heterocycles. The smallest absolute Gasteiger partial charge is 0.136 e. The number of H-pyrrole nitrogens is 1.